The van der Waals surface area contributed by atoms with Crippen molar-refractivity contribution in [1.29, 1.82) is 0 Å². The first-order valence-corrected chi connectivity index (χ1v) is 5.87. The zero-order valence-electron chi connectivity index (χ0n) is 10.3. The van der Waals surface area contributed by atoms with Gasteiger partial charge in [-0.25, -0.2) is 0 Å². The van der Waals surface area contributed by atoms with Crippen LogP contribution in [0.3, 0.4) is 0 Å². The monoisotopic (exact) mass is 215 g/mol. The van der Waals surface area contributed by atoms with Crippen LogP contribution in [0.25, 0.3) is 0 Å². The molecule has 3 N–H and O–H groups in total. The fourth-order valence-electron chi connectivity index (χ4n) is 1.82. The number of carbonyl (C=O) groups is 1. The molecule has 0 fully saturated rings. The van der Waals surface area contributed by atoms with Crippen molar-refractivity contribution in [2.45, 2.75) is 65.3 Å². The summed E-state index contributed by atoms with van der Waals surface area (Å²) in [6.07, 6.45) is 6.54. The van der Waals surface area contributed by atoms with E-state index in [1.165, 1.54) is 25.7 Å². The lowest BCUT2D eigenvalue weighted by Crippen LogP contribution is -2.35. The van der Waals surface area contributed by atoms with Crippen LogP contribution >= 0.6 is 0 Å². The van der Waals surface area contributed by atoms with E-state index >= 15 is 0 Å². The highest BCUT2D eigenvalue weighted by Crippen LogP contribution is 2.28. The van der Waals surface area contributed by atoms with Crippen molar-refractivity contribution in [1.82, 2.24) is 0 Å². The number of rotatable bonds is 8. The van der Waals surface area contributed by atoms with Crippen molar-refractivity contribution >= 4 is 5.97 Å². The van der Waals surface area contributed by atoms with Gasteiger partial charge in [0.15, 0.2) is 0 Å². The molecular formula is C12H25NO2. The molecule has 0 aromatic rings. The SMILES string of the molecule is CCCCCCC(C)(C)C[C@H](N)C(=O)O. The number of aliphatic carboxylic acids is 1. The minimum atomic E-state index is -0.892. The molecule has 0 amide bonds. The second kappa shape index (κ2) is 6.83. The molecule has 0 aromatic carbocycles. The van der Waals surface area contributed by atoms with Crippen molar-refractivity contribution in [2.24, 2.45) is 11.1 Å². The predicted molar refractivity (Wildman–Crippen MR) is 62.8 cm³/mol. The van der Waals surface area contributed by atoms with Crippen LogP contribution in [0.2, 0.25) is 0 Å². The first-order valence-electron chi connectivity index (χ1n) is 5.87. The Morgan fingerprint density at radius 1 is 1.33 bits per heavy atom. The normalized spacial score (nSPS) is 13.9. The van der Waals surface area contributed by atoms with E-state index in [9.17, 15) is 4.79 Å². The van der Waals surface area contributed by atoms with E-state index in [0.29, 0.717) is 6.42 Å². The number of carboxylic acids is 1. The van der Waals surface area contributed by atoms with E-state index in [2.05, 4.69) is 20.8 Å². The van der Waals surface area contributed by atoms with Crippen LogP contribution < -0.4 is 5.73 Å². The molecule has 90 valence electrons. The Bertz CT molecular complexity index is 190. The topological polar surface area (TPSA) is 63.3 Å². The molecule has 3 nitrogen and oxygen atoms in total. The Labute approximate surface area is 93.0 Å². The second-order valence-corrected chi connectivity index (χ2v) is 5.12. The largest absolute Gasteiger partial charge is 0.480 e. The van der Waals surface area contributed by atoms with Gasteiger partial charge in [-0.05, 0) is 18.3 Å². The van der Waals surface area contributed by atoms with Gasteiger partial charge in [-0.2, -0.15) is 0 Å². The molecule has 0 aliphatic rings. The number of nitrogens with two attached hydrogens (primary N) is 1. The lowest BCUT2D eigenvalue weighted by atomic mass is 9.81. The fraction of sp³-hybridized carbons (Fsp3) is 0.917. The van der Waals surface area contributed by atoms with Crippen molar-refractivity contribution in [3.05, 3.63) is 0 Å². The van der Waals surface area contributed by atoms with Crippen molar-refractivity contribution in [3.63, 3.8) is 0 Å². The lowest BCUT2D eigenvalue weighted by Gasteiger charge is -2.26. The summed E-state index contributed by atoms with van der Waals surface area (Å²) >= 11 is 0. The van der Waals surface area contributed by atoms with Crippen LogP contribution in [-0.4, -0.2) is 17.1 Å². The molecule has 0 rings (SSSR count). The van der Waals surface area contributed by atoms with Gasteiger partial charge in [0.05, 0.1) is 0 Å². The predicted octanol–water partition coefficient (Wildman–Crippen LogP) is 2.79. The molecule has 3 heteroatoms. The molecule has 0 saturated carbocycles. The van der Waals surface area contributed by atoms with Gasteiger partial charge in [0.25, 0.3) is 0 Å². The molecule has 0 heterocycles. The zero-order valence-corrected chi connectivity index (χ0v) is 10.3. The summed E-state index contributed by atoms with van der Waals surface area (Å²) in [5, 5.41) is 8.73. The number of hydrogen-bond acceptors (Lipinski definition) is 2. The van der Waals surface area contributed by atoms with E-state index in [0.717, 1.165) is 6.42 Å². The van der Waals surface area contributed by atoms with Crippen LogP contribution in [0.15, 0.2) is 0 Å². The zero-order chi connectivity index (χ0) is 11.9. The van der Waals surface area contributed by atoms with Crippen LogP contribution in [0.5, 0.6) is 0 Å². The van der Waals surface area contributed by atoms with Gasteiger partial charge in [-0.1, -0.05) is 46.5 Å². The van der Waals surface area contributed by atoms with Gasteiger partial charge in [0.1, 0.15) is 6.04 Å². The van der Waals surface area contributed by atoms with E-state index in [-0.39, 0.29) is 5.41 Å². The van der Waals surface area contributed by atoms with Crippen LogP contribution in [0.4, 0.5) is 0 Å². The van der Waals surface area contributed by atoms with Gasteiger partial charge < -0.3 is 10.8 Å². The maximum atomic E-state index is 10.6. The van der Waals surface area contributed by atoms with Crippen LogP contribution in [0, 0.1) is 5.41 Å². The molecule has 0 radical (unpaired) electrons. The number of unbranched alkanes of at least 4 members (excludes halogenated alkanes) is 3. The Morgan fingerprint density at radius 2 is 1.93 bits per heavy atom. The molecule has 0 aromatic heterocycles. The summed E-state index contributed by atoms with van der Waals surface area (Å²) in [7, 11) is 0. The summed E-state index contributed by atoms with van der Waals surface area (Å²) in [6, 6.07) is -0.717. The first kappa shape index (κ1) is 14.4. The highest BCUT2D eigenvalue weighted by molar-refractivity contribution is 5.73. The molecule has 0 aliphatic heterocycles. The minimum Gasteiger partial charge on any atom is -0.480 e. The van der Waals surface area contributed by atoms with E-state index in [4.69, 9.17) is 10.8 Å². The first-order chi connectivity index (χ1) is 6.89. The van der Waals surface area contributed by atoms with Gasteiger partial charge in [-0.3, -0.25) is 4.79 Å². The molecule has 1 atom stereocenters. The number of hydrogen-bond donors (Lipinski definition) is 2. The van der Waals surface area contributed by atoms with E-state index < -0.39 is 12.0 Å². The molecule has 15 heavy (non-hydrogen) atoms. The Kier molecular flexibility index (Phi) is 6.57. The third kappa shape index (κ3) is 7.37. The van der Waals surface area contributed by atoms with Gasteiger partial charge in [0.2, 0.25) is 0 Å². The maximum absolute atomic E-state index is 10.6. The standard InChI is InChI=1S/C12H25NO2/c1-4-5-6-7-8-12(2,3)9-10(13)11(14)15/h10H,4-9,13H2,1-3H3,(H,14,15)/t10-/m0/s1. The average Bonchev–Trinajstić information content (AvgIpc) is 2.11. The van der Waals surface area contributed by atoms with Crippen molar-refractivity contribution in [3.8, 4) is 0 Å². The summed E-state index contributed by atoms with van der Waals surface area (Å²) in [5.41, 5.74) is 5.58. The molecule has 0 saturated heterocycles. The van der Waals surface area contributed by atoms with Gasteiger partial charge >= 0.3 is 5.97 Å². The van der Waals surface area contributed by atoms with Crippen LogP contribution in [0.1, 0.15) is 59.3 Å². The van der Waals surface area contributed by atoms with E-state index in [1.807, 2.05) is 0 Å². The molecule has 0 unspecified atom stereocenters. The molecule has 0 bridgehead atoms. The minimum absolute atomic E-state index is 0.0472. The molecule has 0 spiro atoms. The summed E-state index contributed by atoms with van der Waals surface area (Å²) in [6.45, 7) is 6.38. The smallest absolute Gasteiger partial charge is 0.320 e. The lowest BCUT2D eigenvalue weighted by molar-refractivity contribution is -0.139. The fourth-order valence-corrected chi connectivity index (χ4v) is 1.82. The maximum Gasteiger partial charge on any atom is 0.320 e. The van der Waals surface area contributed by atoms with Crippen LogP contribution in [-0.2, 0) is 4.79 Å². The number of carboxylic acid groups (broad SMARTS) is 1. The summed E-state index contributed by atoms with van der Waals surface area (Å²) in [4.78, 5) is 10.6. The average molecular weight is 215 g/mol. The van der Waals surface area contributed by atoms with E-state index in [1.54, 1.807) is 0 Å². The summed E-state index contributed by atoms with van der Waals surface area (Å²) in [5.74, 6) is -0.892. The second-order valence-electron chi connectivity index (χ2n) is 5.12. The highest BCUT2D eigenvalue weighted by atomic mass is 16.4. The molecule has 0 aliphatic carbocycles. The Hall–Kier alpha value is -0.570. The third-order valence-electron chi connectivity index (χ3n) is 2.80. The Balaban J connectivity index is 3.80. The van der Waals surface area contributed by atoms with Gasteiger partial charge in [0, 0.05) is 0 Å². The molecular weight excluding hydrogens is 190 g/mol. The third-order valence-corrected chi connectivity index (χ3v) is 2.80. The van der Waals surface area contributed by atoms with Crippen molar-refractivity contribution < 1.29 is 9.90 Å². The van der Waals surface area contributed by atoms with Gasteiger partial charge in [-0.15, -0.1) is 0 Å². The quantitative estimate of drug-likeness (QED) is 0.612. The van der Waals surface area contributed by atoms with Crippen molar-refractivity contribution in [2.75, 3.05) is 0 Å². The summed E-state index contributed by atoms with van der Waals surface area (Å²) < 4.78 is 0. The highest BCUT2D eigenvalue weighted by Gasteiger charge is 2.24. The Morgan fingerprint density at radius 3 is 2.40 bits per heavy atom.